The van der Waals surface area contributed by atoms with Gasteiger partial charge in [0.15, 0.2) is 50.0 Å². The van der Waals surface area contributed by atoms with E-state index in [4.69, 9.17) is 58.8 Å². The van der Waals surface area contributed by atoms with Gasteiger partial charge in [-0.1, -0.05) is 84.1 Å². The zero-order chi connectivity index (χ0) is 81.0. The first kappa shape index (κ1) is 118. The largest absolute Gasteiger partial charge is 1.00 e. The molecule has 12 aliphatic rings. The van der Waals surface area contributed by atoms with Crippen LogP contribution in [0.4, 0.5) is 18.0 Å². The maximum Gasteiger partial charge on any atom is 1.00 e. The van der Waals surface area contributed by atoms with E-state index in [1.165, 1.54) is 21.3 Å². The maximum absolute atomic E-state index is 12.2. The third kappa shape index (κ3) is 34.8. The average molecular weight is 1880 g/mol. The molecule has 12 fully saturated rings. The van der Waals surface area contributed by atoms with Crippen LogP contribution in [0.1, 0.15) is 206 Å². The van der Waals surface area contributed by atoms with Crippen LogP contribution in [-0.2, 0) is 101 Å². The summed E-state index contributed by atoms with van der Waals surface area (Å²) in [4.78, 5) is 129. The number of rotatable bonds is 27. The number of thioether (sulfide) groups is 2. The number of alkyl halides is 3. The summed E-state index contributed by atoms with van der Waals surface area (Å²) >= 11 is 24.0. The number of imide groups is 2. The number of sulfone groups is 3. The predicted octanol–water partition coefficient (Wildman–Crippen LogP) is 1.91. The average Bonchev–Trinajstić information content (AvgIpc) is 1.63. The molecule has 119 heavy (non-hydrogen) atoms. The Kier molecular flexibility index (Phi) is 53.6. The van der Waals surface area contributed by atoms with Crippen molar-refractivity contribution in [1.82, 2.24) is 63.3 Å². The number of hydrogen-bond donors (Lipinski definition) is 11. The number of nitrogens with zero attached hydrogens (tertiary/aromatic N) is 2. The number of unbranched alkanes of at least 4 members (excludes halogenated alkanes) is 5. The fraction of sp³-hybridized carbons (Fsp3) is 0.786. The van der Waals surface area contributed by atoms with Crippen LogP contribution in [0.15, 0.2) is 0 Å². The molecule has 6 amide bonds. The Labute approximate surface area is 749 Å². The van der Waals surface area contributed by atoms with Gasteiger partial charge in [0.05, 0.1) is 115 Å². The smallest absolute Gasteiger partial charge is 0.870 e. The van der Waals surface area contributed by atoms with Crippen molar-refractivity contribution in [3.8, 4) is 0 Å². The maximum atomic E-state index is 12.2. The molecule has 0 spiro atoms. The minimum Gasteiger partial charge on any atom is -0.870 e. The van der Waals surface area contributed by atoms with E-state index >= 15 is 0 Å². The first-order valence-corrected chi connectivity index (χ1v) is 44.6. The van der Waals surface area contributed by atoms with Crippen molar-refractivity contribution in [3.63, 3.8) is 0 Å². The Morgan fingerprint density at radius 2 is 0.689 bits per heavy atom. The molecule has 0 unspecified atom stereocenters. The summed E-state index contributed by atoms with van der Waals surface area (Å²) in [5, 5.41) is 41.3. The number of urea groups is 1. The first-order chi connectivity index (χ1) is 51.8. The van der Waals surface area contributed by atoms with Crippen molar-refractivity contribution in [2.24, 2.45) is 0 Å². The molecule has 682 valence electrons. The Balaban J connectivity index is -0.00000135. The molecule has 0 saturated carbocycles. The summed E-state index contributed by atoms with van der Waals surface area (Å²) in [6.45, 7) is 0. The standard InChI is InChI=1S/C14H19N3O6S2.C11H18N2O4S2.C11H18N2O3S.C11H18N2O2S2.C10H16N2O4S2.C6H4F3NO4.7CH4.Na.H2O/c18-10-5-6-11(19)17(10)23-12(20)4-2-1-3-9-13-8(7-25(9,21)22)15-14(24)16-13;1-17-9(14)5-3-2-4-8-10-7(6-19(8,15)16)12-11(18)13-10;1-16-9(14)5-3-2-4-8-10-7(6-17-8)12-11(15)13-10;1-15-9(14)5-3-2-4-8-10-7(6-17-8)12-11(16)13-10;13-8(14)4-2-1-3-7-9-6(5-18(7,15)16)11-10(17)12-9;7-6(8,9)5(13)14-10-3(11)1-2-4(10)12;;;;;;;;;/h8-9,13H,1-7H2,(H2,15,16,24);7-8,10H,2-6H2,1H3,(H2,12,13,18);7-8,10H,2-6H2,1H3,(H2,12,13,15);7-8,10H,2-6H2,1H3,(H2,12,13,16);6-7,9H,1-5H2,(H,13,14)(H2,11,12,17);1-2H2;7*1H4;;1H2/q;;;;;;;;;;;;;+1;/p-1/t8-,9-,13-;3*7-,8-,10-;6-,7-,9-;;;;;;;;;;/m00000........../s1. The van der Waals surface area contributed by atoms with E-state index in [1.807, 2.05) is 23.5 Å². The monoisotopic (exact) mass is 1880 g/mol. The molecule has 12 N–H and O–H groups in total. The van der Waals surface area contributed by atoms with E-state index in [0.29, 0.717) is 120 Å². The Morgan fingerprint density at radius 1 is 0.412 bits per heavy atom. The van der Waals surface area contributed by atoms with Gasteiger partial charge in [-0.15, -0.1) is 10.1 Å². The second kappa shape index (κ2) is 54.2. The molecule has 12 aliphatic heterocycles. The van der Waals surface area contributed by atoms with Gasteiger partial charge in [-0.25, -0.2) is 39.6 Å². The Bertz CT molecular complexity index is 3720. The van der Waals surface area contributed by atoms with Crippen LogP contribution in [0.2, 0.25) is 0 Å². The summed E-state index contributed by atoms with van der Waals surface area (Å²) in [5.41, 5.74) is 0. The van der Waals surface area contributed by atoms with E-state index < -0.39 is 93.0 Å². The van der Waals surface area contributed by atoms with Crippen molar-refractivity contribution in [1.29, 1.82) is 0 Å². The van der Waals surface area contributed by atoms with Crippen LogP contribution in [0, 0.1) is 0 Å². The van der Waals surface area contributed by atoms with Gasteiger partial charge in [0.1, 0.15) is 0 Å². The fourth-order valence-electron chi connectivity index (χ4n) is 14.3. The number of halogens is 3. The van der Waals surface area contributed by atoms with Gasteiger partial charge in [-0.05, 0) is 113 Å². The van der Waals surface area contributed by atoms with E-state index in [2.05, 4.69) is 72.2 Å². The zero-order valence-electron chi connectivity index (χ0n) is 61.7. The number of carbonyl (C=O) groups excluding carboxylic acids is 10. The number of amides is 6. The first-order valence-electron chi connectivity index (χ1n) is 35.7. The molecule has 15 atom stereocenters. The van der Waals surface area contributed by atoms with Crippen molar-refractivity contribution >= 4 is 188 Å². The Morgan fingerprint density at radius 3 is 1.01 bits per heavy atom. The topological polar surface area (TPSA) is 513 Å². The SMILES string of the molecule is C.C.C.C.C.C.C.COC(=O)CCCC[C@@H]1SC[C@@H]2NC(=O)N[C@@H]21.COC(=O)CCCC[C@@H]1SC[C@@H]2NC(=S)N[C@@H]21.COC(=O)CCCC[C@H]1[C@H]2NC(=S)N[C@H]2CS1(=O)=O.O=C(CCCC[C@H]1[C@H]2NC(=S)N[C@H]2CS1(=O)=O)ON1C(=O)CCC1=O.O=C(O)CCCC[C@H]1[C@H]2NC(=S)N[C@H]2CS1(=O)=O.O=C1CCC(=O)N1OC(=O)C(F)(F)F.[Na+].[OH-]. The molecule has 36 nitrogen and oxygen atoms in total. The molecule has 12 saturated heterocycles. The summed E-state index contributed by atoms with van der Waals surface area (Å²) in [6.07, 6.45) is 6.74. The zero-order valence-corrected chi connectivity index (χ0v) is 71.1. The van der Waals surface area contributed by atoms with Gasteiger partial charge in [0, 0.05) is 79.8 Å². The minimum atomic E-state index is -5.22. The fourth-order valence-corrected chi connectivity index (χ4v) is 25.3. The number of hydrogen-bond acceptors (Lipinski definition) is 29. The number of carboxylic acids is 1. The van der Waals surface area contributed by atoms with Gasteiger partial charge in [-0.2, -0.15) is 36.7 Å². The van der Waals surface area contributed by atoms with Gasteiger partial charge >= 0.3 is 77.6 Å². The summed E-state index contributed by atoms with van der Waals surface area (Å²) in [5.74, 6) is -5.13. The molecule has 12 heterocycles. The predicted molar refractivity (Wildman–Crippen MR) is 456 cm³/mol. The van der Waals surface area contributed by atoms with E-state index in [0.717, 1.165) is 55.1 Å². The van der Waals surface area contributed by atoms with E-state index in [1.54, 1.807) is 0 Å². The van der Waals surface area contributed by atoms with Gasteiger partial charge in [-0.3, -0.25) is 38.4 Å². The second-order valence-corrected chi connectivity index (χ2v) is 38.4. The number of carboxylic acid groups (broad SMARTS) is 1. The molecule has 0 aromatic heterocycles. The number of thiocarbonyl (C=S) groups is 4. The minimum absolute atomic E-state index is 0. The molecule has 12 rings (SSSR count). The van der Waals surface area contributed by atoms with Crippen LogP contribution in [0.5, 0.6) is 0 Å². The van der Waals surface area contributed by atoms with Gasteiger partial charge < -0.3 is 87.6 Å². The number of hydroxylamine groups is 4. The van der Waals surface area contributed by atoms with Crippen molar-refractivity contribution in [2.45, 2.75) is 299 Å². The number of esters is 3. The molecular weight excluding hydrogens is 1760 g/mol. The third-order valence-electron chi connectivity index (χ3n) is 19.7. The van der Waals surface area contributed by atoms with Crippen LogP contribution in [0.25, 0.3) is 0 Å². The van der Waals surface area contributed by atoms with Crippen molar-refractivity contribution in [2.75, 3.05) is 50.1 Å². The van der Waals surface area contributed by atoms with Crippen LogP contribution >= 0.6 is 72.4 Å². The molecule has 0 aliphatic carbocycles. The van der Waals surface area contributed by atoms with Crippen LogP contribution in [-0.4, -0.2) is 275 Å². The molecule has 0 bridgehead atoms. The quantitative estimate of drug-likeness (QED) is 0.0106. The molecule has 0 radical (unpaired) electrons. The number of nitrogens with one attached hydrogen (secondary N) is 10. The van der Waals surface area contributed by atoms with Gasteiger partial charge in [0.2, 0.25) is 0 Å². The van der Waals surface area contributed by atoms with E-state index in [-0.39, 0.29) is 220 Å². The molecule has 49 heteroatoms. The third-order valence-corrected chi connectivity index (χ3v) is 30.5. The van der Waals surface area contributed by atoms with Crippen LogP contribution < -0.4 is 82.7 Å². The molecule has 0 aromatic rings. The number of ether oxygens (including phenoxy) is 3. The number of carbonyl (C=O) groups is 11. The Hall–Kier alpha value is -5.57. The van der Waals surface area contributed by atoms with E-state index in [9.17, 15) is 91.2 Å². The summed E-state index contributed by atoms with van der Waals surface area (Å²) in [6, 6.07) is 0.536. The second-order valence-electron chi connectivity index (χ2n) is 27.5. The number of fused-ring (bicyclic) bond motifs is 5. The van der Waals surface area contributed by atoms with Crippen LogP contribution in [0.3, 0.4) is 0 Å². The van der Waals surface area contributed by atoms with Gasteiger partial charge in [0.25, 0.3) is 23.6 Å². The summed E-state index contributed by atoms with van der Waals surface area (Å²) < 4.78 is 121. The molecular formula is C70H122F3N12NaO24S9. The summed E-state index contributed by atoms with van der Waals surface area (Å²) in [7, 11) is -5.18. The number of aliphatic carboxylic acids is 1. The number of methoxy groups -OCH3 is 3. The van der Waals surface area contributed by atoms with Crippen molar-refractivity contribution in [3.05, 3.63) is 0 Å². The normalized spacial score (nSPS) is 27.1. The molecule has 0 aromatic carbocycles. The van der Waals surface area contributed by atoms with Crippen molar-refractivity contribution < 1.29 is 155 Å².